The molecule has 2 atom stereocenters. The molecule has 0 bridgehead atoms. The Morgan fingerprint density at radius 3 is 2.68 bits per heavy atom. The Morgan fingerprint density at radius 2 is 1.95 bits per heavy atom. The molecule has 1 aromatic heterocycles. The first-order valence-corrected chi connectivity index (χ1v) is 12.8. The molecule has 7 heteroatoms. The Kier molecular flexibility index (Phi) is 8.54. The van der Waals surface area contributed by atoms with Crippen molar-refractivity contribution in [2.45, 2.75) is 52.2 Å². The van der Waals surface area contributed by atoms with E-state index in [9.17, 15) is 14.0 Å². The SMILES string of the molecule is CC(C)CC(=O)N1CCc2ccc(O[C@H](C)C(=O)NCCc3ccccn3)cc2[C@H]1c1cccc(F)c1. The lowest BCUT2D eigenvalue weighted by molar-refractivity contribution is -0.134. The van der Waals surface area contributed by atoms with Crippen LogP contribution in [0.5, 0.6) is 5.75 Å². The highest BCUT2D eigenvalue weighted by Gasteiger charge is 2.33. The van der Waals surface area contributed by atoms with E-state index in [0.29, 0.717) is 38.1 Å². The topological polar surface area (TPSA) is 71.5 Å². The van der Waals surface area contributed by atoms with Crippen molar-refractivity contribution in [2.24, 2.45) is 5.92 Å². The summed E-state index contributed by atoms with van der Waals surface area (Å²) in [5.74, 6) is 0.231. The fourth-order valence-electron chi connectivity index (χ4n) is 4.70. The van der Waals surface area contributed by atoms with E-state index in [1.807, 2.05) is 61.2 Å². The van der Waals surface area contributed by atoms with Crippen molar-refractivity contribution in [3.05, 3.63) is 95.1 Å². The molecule has 0 saturated heterocycles. The third kappa shape index (κ3) is 6.73. The minimum Gasteiger partial charge on any atom is -0.481 e. The lowest BCUT2D eigenvalue weighted by atomic mass is 9.87. The number of hydrogen-bond acceptors (Lipinski definition) is 4. The molecule has 0 fully saturated rings. The second kappa shape index (κ2) is 12.0. The highest BCUT2D eigenvalue weighted by molar-refractivity contribution is 5.80. The first kappa shape index (κ1) is 26.3. The number of nitrogens with zero attached hydrogens (tertiary/aromatic N) is 2. The Morgan fingerprint density at radius 1 is 1.11 bits per heavy atom. The number of fused-ring (bicyclic) bond motifs is 1. The van der Waals surface area contributed by atoms with Crippen LogP contribution in [0.25, 0.3) is 0 Å². The summed E-state index contributed by atoms with van der Waals surface area (Å²) in [6.45, 7) is 6.76. The molecule has 2 aromatic carbocycles. The molecule has 1 aliphatic heterocycles. The number of rotatable bonds is 9. The maximum absolute atomic E-state index is 14.2. The van der Waals surface area contributed by atoms with Gasteiger partial charge in [0.1, 0.15) is 11.6 Å². The van der Waals surface area contributed by atoms with Crippen LogP contribution in [0, 0.1) is 11.7 Å². The molecular weight excluding hydrogens is 469 g/mol. The minimum atomic E-state index is -0.711. The van der Waals surface area contributed by atoms with Crippen molar-refractivity contribution < 1.29 is 18.7 Å². The fourth-order valence-corrected chi connectivity index (χ4v) is 4.70. The number of carbonyl (C=O) groups is 2. The van der Waals surface area contributed by atoms with Crippen LogP contribution in [0.15, 0.2) is 66.9 Å². The van der Waals surface area contributed by atoms with Crippen molar-refractivity contribution in [3.63, 3.8) is 0 Å². The van der Waals surface area contributed by atoms with Gasteiger partial charge in [-0.2, -0.15) is 0 Å². The van der Waals surface area contributed by atoms with E-state index in [1.54, 1.807) is 19.2 Å². The van der Waals surface area contributed by atoms with Crippen LogP contribution in [0.1, 0.15) is 55.6 Å². The molecule has 2 amide bonds. The molecule has 194 valence electrons. The van der Waals surface area contributed by atoms with E-state index in [0.717, 1.165) is 22.4 Å². The molecule has 4 rings (SSSR count). The summed E-state index contributed by atoms with van der Waals surface area (Å²) in [5.41, 5.74) is 3.61. The van der Waals surface area contributed by atoms with Crippen LogP contribution < -0.4 is 10.1 Å². The standard InChI is InChI=1S/C30H34FN3O3/c1-20(2)17-28(35)34-16-13-22-10-11-26(19-27(22)29(34)23-7-6-8-24(31)18-23)37-21(3)30(36)33-15-12-25-9-4-5-14-32-25/h4-11,14,18-21,29H,12-13,15-17H2,1-3H3,(H,33,36)/t21-,29-/m1/s1. The first-order valence-electron chi connectivity index (χ1n) is 12.8. The van der Waals surface area contributed by atoms with E-state index in [2.05, 4.69) is 10.3 Å². The van der Waals surface area contributed by atoms with Crippen LogP contribution in [-0.2, 0) is 22.4 Å². The van der Waals surface area contributed by atoms with Crippen LogP contribution in [0.3, 0.4) is 0 Å². The zero-order chi connectivity index (χ0) is 26.4. The lowest BCUT2D eigenvalue weighted by Gasteiger charge is -2.38. The minimum absolute atomic E-state index is 0.0434. The summed E-state index contributed by atoms with van der Waals surface area (Å²) in [7, 11) is 0. The first-order chi connectivity index (χ1) is 17.8. The summed E-state index contributed by atoms with van der Waals surface area (Å²) < 4.78 is 20.2. The van der Waals surface area contributed by atoms with Crippen LogP contribution in [-0.4, -0.2) is 40.9 Å². The summed E-state index contributed by atoms with van der Waals surface area (Å²) in [5, 5.41) is 2.90. The smallest absolute Gasteiger partial charge is 0.260 e. The molecule has 0 spiro atoms. The van der Waals surface area contributed by atoms with Gasteiger partial charge in [-0.25, -0.2) is 4.39 Å². The van der Waals surface area contributed by atoms with Crippen molar-refractivity contribution in [1.82, 2.24) is 15.2 Å². The number of halogens is 1. The van der Waals surface area contributed by atoms with Crippen molar-refractivity contribution in [1.29, 1.82) is 0 Å². The number of carbonyl (C=O) groups excluding carboxylic acids is 2. The molecule has 3 aromatic rings. The lowest BCUT2D eigenvalue weighted by Crippen LogP contribution is -2.41. The van der Waals surface area contributed by atoms with Gasteiger partial charge in [-0.15, -0.1) is 0 Å². The molecule has 0 saturated carbocycles. The predicted octanol–water partition coefficient (Wildman–Crippen LogP) is 4.87. The average molecular weight is 504 g/mol. The fraction of sp³-hybridized carbons (Fsp3) is 0.367. The van der Waals surface area contributed by atoms with Gasteiger partial charge in [0, 0.05) is 37.8 Å². The van der Waals surface area contributed by atoms with E-state index >= 15 is 0 Å². The molecule has 0 aliphatic carbocycles. The van der Waals surface area contributed by atoms with Gasteiger partial charge in [-0.1, -0.05) is 38.1 Å². The highest BCUT2D eigenvalue weighted by Crippen LogP contribution is 2.38. The summed E-state index contributed by atoms with van der Waals surface area (Å²) in [6, 6.07) is 17.4. The Hall–Kier alpha value is -3.74. The van der Waals surface area contributed by atoms with E-state index in [1.165, 1.54) is 12.1 Å². The van der Waals surface area contributed by atoms with E-state index < -0.39 is 12.1 Å². The molecule has 0 unspecified atom stereocenters. The largest absolute Gasteiger partial charge is 0.481 e. The Labute approximate surface area is 217 Å². The second-order valence-corrected chi connectivity index (χ2v) is 9.88. The van der Waals surface area contributed by atoms with Gasteiger partial charge >= 0.3 is 0 Å². The third-order valence-electron chi connectivity index (χ3n) is 6.50. The molecule has 0 radical (unpaired) electrons. The summed E-state index contributed by atoms with van der Waals surface area (Å²) >= 11 is 0. The molecule has 1 N–H and O–H groups in total. The van der Waals surface area contributed by atoms with Crippen LogP contribution >= 0.6 is 0 Å². The Bertz CT molecular complexity index is 1230. The molecular formula is C30H34FN3O3. The number of nitrogens with one attached hydrogen (secondary N) is 1. The Balaban J connectivity index is 1.52. The molecule has 1 aliphatic rings. The molecule has 6 nitrogen and oxygen atoms in total. The summed E-state index contributed by atoms with van der Waals surface area (Å²) in [4.78, 5) is 31.9. The molecule has 2 heterocycles. The number of hydrogen-bond donors (Lipinski definition) is 1. The average Bonchev–Trinajstić information content (AvgIpc) is 2.88. The van der Waals surface area contributed by atoms with Gasteiger partial charge in [0.2, 0.25) is 5.91 Å². The zero-order valence-corrected chi connectivity index (χ0v) is 21.6. The van der Waals surface area contributed by atoms with Gasteiger partial charge in [0.05, 0.1) is 6.04 Å². The van der Waals surface area contributed by atoms with E-state index in [4.69, 9.17) is 4.74 Å². The highest BCUT2D eigenvalue weighted by atomic mass is 19.1. The number of pyridine rings is 1. The van der Waals surface area contributed by atoms with Gasteiger partial charge in [0.15, 0.2) is 6.10 Å². The van der Waals surface area contributed by atoms with Gasteiger partial charge in [0.25, 0.3) is 5.91 Å². The number of amides is 2. The maximum Gasteiger partial charge on any atom is 0.260 e. The van der Waals surface area contributed by atoms with Gasteiger partial charge < -0.3 is 15.0 Å². The summed E-state index contributed by atoms with van der Waals surface area (Å²) in [6.07, 6.45) is 2.78. The van der Waals surface area contributed by atoms with Crippen molar-refractivity contribution in [2.75, 3.05) is 13.1 Å². The zero-order valence-electron chi connectivity index (χ0n) is 21.6. The van der Waals surface area contributed by atoms with Crippen molar-refractivity contribution >= 4 is 11.8 Å². The van der Waals surface area contributed by atoms with Crippen molar-refractivity contribution in [3.8, 4) is 5.75 Å². The number of benzene rings is 2. The predicted molar refractivity (Wildman–Crippen MR) is 141 cm³/mol. The third-order valence-corrected chi connectivity index (χ3v) is 6.50. The van der Waals surface area contributed by atoms with Crippen LogP contribution in [0.2, 0.25) is 0 Å². The number of ether oxygens (including phenoxy) is 1. The van der Waals surface area contributed by atoms with Crippen LogP contribution in [0.4, 0.5) is 4.39 Å². The normalized spacial score (nSPS) is 15.7. The van der Waals surface area contributed by atoms with E-state index in [-0.39, 0.29) is 23.5 Å². The quantitative estimate of drug-likeness (QED) is 0.452. The molecule has 37 heavy (non-hydrogen) atoms. The maximum atomic E-state index is 14.2. The van der Waals surface area contributed by atoms with Gasteiger partial charge in [-0.3, -0.25) is 14.6 Å². The monoisotopic (exact) mass is 503 g/mol. The second-order valence-electron chi connectivity index (χ2n) is 9.88. The number of aromatic nitrogens is 1. The van der Waals surface area contributed by atoms with Gasteiger partial charge in [-0.05, 0) is 72.4 Å².